The fourth-order valence-electron chi connectivity index (χ4n) is 3.73. The molecule has 0 bridgehead atoms. The first-order chi connectivity index (χ1) is 15.8. The van der Waals surface area contributed by atoms with Crippen molar-refractivity contribution in [1.29, 1.82) is 0 Å². The molecule has 170 valence electrons. The second kappa shape index (κ2) is 8.69. The van der Waals surface area contributed by atoms with Crippen molar-refractivity contribution in [2.45, 2.75) is 26.7 Å². The molecule has 0 unspecified atom stereocenters. The first-order valence-electron chi connectivity index (χ1n) is 10.4. The third-order valence-electron chi connectivity index (χ3n) is 5.37. The van der Waals surface area contributed by atoms with Gasteiger partial charge < -0.3 is 4.74 Å². The summed E-state index contributed by atoms with van der Waals surface area (Å²) in [5, 5.41) is 2.85. The Kier molecular flexibility index (Phi) is 5.78. The Balaban J connectivity index is 1.49. The van der Waals surface area contributed by atoms with Gasteiger partial charge in [0.05, 0.1) is 23.9 Å². The minimum Gasteiger partial charge on any atom is -0.462 e. The van der Waals surface area contributed by atoms with E-state index in [-0.39, 0.29) is 36.5 Å². The molecule has 11 heteroatoms. The summed E-state index contributed by atoms with van der Waals surface area (Å²) in [6.07, 6.45) is 1.73. The molecular formula is C22H21N5O6. The van der Waals surface area contributed by atoms with Gasteiger partial charge in [-0.05, 0) is 38.8 Å². The number of aromatic amines is 2. The molecule has 1 aliphatic heterocycles. The lowest BCUT2D eigenvalue weighted by atomic mass is 10.1. The van der Waals surface area contributed by atoms with E-state index in [2.05, 4.69) is 15.1 Å². The van der Waals surface area contributed by atoms with E-state index in [9.17, 15) is 24.0 Å². The zero-order chi connectivity index (χ0) is 23.7. The molecule has 0 aliphatic carbocycles. The Hall–Kier alpha value is -4.28. The Morgan fingerprint density at radius 3 is 2.36 bits per heavy atom. The number of benzene rings is 1. The molecule has 3 heterocycles. The average molecular weight is 451 g/mol. The number of hydrogen-bond donors (Lipinski definition) is 2. The van der Waals surface area contributed by atoms with Crippen LogP contribution in [0, 0.1) is 6.92 Å². The summed E-state index contributed by atoms with van der Waals surface area (Å²) in [5.74, 6) is -1.57. The first kappa shape index (κ1) is 21.9. The van der Waals surface area contributed by atoms with Gasteiger partial charge in [-0.3, -0.25) is 34.2 Å². The fourth-order valence-corrected chi connectivity index (χ4v) is 3.73. The number of nitrogens with zero attached hydrogens (tertiary/aromatic N) is 3. The number of carbonyl (C=O) groups is 3. The molecule has 11 nitrogen and oxygen atoms in total. The molecule has 1 aromatic carbocycles. The molecule has 2 aromatic heterocycles. The van der Waals surface area contributed by atoms with Crippen molar-refractivity contribution in [2.24, 2.45) is 0 Å². The predicted molar refractivity (Wildman–Crippen MR) is 116 cm³/mol. The number of rotatable bonds is 7. The van der Waals surface area contributed by atoms with Crippen LogP contribution in [0.4, 0.5) is 0 Å². The second-order valence-corrected chi connectivity index (χ2v) is 7.44. The molecule has 1 aliphatic rings. The number of fused-ring (bicyclic) bond motifs is 1. The quantitative estimate of drug-likeness (QED) is 0.402. The van der Waals surface area contributed by atoms with Gasteiger partial charge in [0.25, 0.3) is 22.9 Å². The van der Waals surface area contributed by atoms with Gasteiger partial charge in [-0.15, -0.1) is 0 Å². The SMILES string of the molecule is CCOC(=O)c1cnc(-n2[nH]c(C)c(CCCN3C(=O)c4ccccc4C3=O)c2=O)[nH]c1=O. The van der Waals surface area contributed by atoms with Crippen LogP contribution in [0.2, 0.25) is 0 Å². The van der Waals surface area contributed by atoms with Gasteiger partial charge >= 0.3 is 5.97 Å². The molecule has 0 radical (unpaired) electrons. The number of hydrogen-bond acceptors (Lipinski definition) is 7. The van der Waals surface area contributed by atoms with Crippen molar-refractivity contribution in [3.8, 4) is 5.95 Å². The highest BCUT2D eigenvalue weighted by atomic mass is 16.5. The highest BCUT2D eigenvalue weighted by Gasteiger charge is 2.34. The molecule has 33 heavy (non-hydrogen) atoms. The molecule has 0 fully saturated rings. The van der Waals surface area contributed by atoms with Crippen molar-refractivity contribution in [1.82, 2.24) is 24.6 Å². The lowest BCUT2D eigenvalue weighted by Crippen LogP contribution is -2.31. The van der Waals surface area contributed by atoms with E-state index in [0.29, 0.717) is 35.2 Å². The van der Waals surface area contributed by atoms with Crippen LogP contribution < -0.4 is 11.1 Å². The standard InChI is InChI=1S/C22H21N5O6/c1-3-33-21(32)16-11-23-22(24-17(16)28)27-20(31)13(12(2)25-27)9-6-10-26-18(29)14-7-4-5-8-15(14)19(26)30/h4-5,7-8,11,25H,3,6,9-10H2,1-2H3,(H,23,24,28). The number of aromatic nitrogens is 4. The van der Waals surface area contributed by atoms with Crippen molar-refractivity contribution in [3.63, 3.8) is 0 Å². The number of ether oxygens (including phenoxy) is 1. The number of imide groups is 1. The van der Waals surface area contributed by atoms with E-state index >= 15 is 0 Å². The van der Waals surface area contributed by atoms with Crippen LogP contribution in [-0.2, 0) is 11.2 Å². The van der Waals surface area contributed by atoms with E-state index in [1.54, 1.807) is 38.1 Å². The maximum absolute atomic E-state index is 12.9. The van der Waals surface area contributed by atoms with Crippen molar-refractivity contribution in [2.75, 3.05) is 13.2 Å². The Bertz CT molecular complexity index is 1350. The van der Waals surface area contributed by atoms with Gasteiger partial charge in [-0.1, -0.05) is 12.1 Å². The highest BCUT2D eigenvalue weighted by Crippen LogP contribution is 2.22. The number of aryl methyl sites for hydroxylation is 1. The molecular weight excluding hydrogens is 430 g/mol. The van der Waals surface area contributed by atoms with Crippen LogP contribution >= 0.6 is 0 Å². The maximum atomic E-state index is 12.9. The summed E-state index contributed by atoms with van der Waals surface area (Å²) in [5.41, 5.74) is 0.320. The molecule has 0 spiro atoms. The maximum Gasteiger partial charge on any atom is 0.345 e. The number of esters is 1. The van der Waals surface area contributed by atoms with Crippen molar-refractivity contribution in [3.05, 3.63) is 79.1 Å². The lowest BCUT2D eigenvalue weighted by molar-refractivity contribution is 0.0522. The molecule has 2 amide bonds. The van der Waals surface area contributed by atoms with Gasteiger partial charge in [0.2, 0.25) is 5.95 Å². The van der Waals surface area contributed by atoms with Crippen molar-refractivity contribution < 1.29 is 19.1 Å². The minimum absolute atomic E-state index is 0.0762. The summed E-state index contributed by atoms with van der Waals surface area (Å²) >= 11 is 0. The predicted octanol–water partition coefficient (Wildman–Crippen LogP) is 0.963. The summed E-state index contributed by atoms with van der Waals surface area (Å²) in [4.78, 5) is 69.4. The number of carbonyl (C=O) groups excluding carboxylic acids is 3. The molecule has 3 aromatic rings. The van der Waals surface area contributed by atoms with Crippen LogP contribution in [0.3, 0.4) is 0 Å². The molecule has 2 N–H and O–H groups in total. The summed E-state index contributed by atoms with van der Waals surface area (Å²) in [7, 11) is 0. The van der Waals surface area contributed by atoms with E-state index < -0.39 is 17.1 Å². The van der Waals surface area contributed by atoms with Gasteiger partial charge in [0.1, 0.15) is 5.56 Å². The van der Waals surface area contributed by atoms with Gasteiger partial charge in [0.15, 0.2) is 0 Å². The van der Waals surface area contributed by atoms with Crippen LogP contribution in [0.25, 0.3) is 5.95 Å². The van der Waals surface area contributed by atoms with Gasteiger partial charge in [0, 0.05) is 17.8 Å². The average Bonchev–Trinajstić information content (AvgIpc) is 3.22. The zero-order valence-electron chi connectivity index (χ0n) is 18.0. The van der Waals surface area contributed by atoms with Crippen molar-refractivity contribution >= 4 is 17.8 Å². The lowest BCUT2D eigenvalue weighted by Gasteiger charge is -2.13. The molecule has 0 saturated carbocycles. The van der Waals surface area contributed by atoms with E-state index in [1.165, 1.54) is 4.90 Å². The third-order valence-corrected chi connectivity index (χ3v) is 5.37. The Labute approximate surface area is 187 Å². The molecule has 0 atom stereocenters. The van der Waals surface area contributed by atoms with E-state index in [1.807, 2.05) is 0 Å². The third kappa shape index (κ3) is 3.88. The number of H-pyrrole nitrogens is 2. The van der Waals surface area contributed by atoms with Crippen LogP contribution in [-0.4, -0.2) is 55.6 Å². The topological polar surface area (TPSA) is 147 Å². The largest absolute Gasteiger partial charge is 0.462 e. The van der Waals surface area contributed by atoms with Crippen LogP contribution in [0.15, 0.2) is 40.1 Å². The van der Waals surface area contributed by atoms with Gasteiger partial charge in [-0.25, -0.2) is 9.78 Å². The number of amides is 2. The summed E-state index contributed by atoms with van der Waals surface area (Å²) in [6.45, 7) is 3.59. The minimum atomic E-state index is -0.804. The normalized spacial score (nSPS) is 12.8. The first-order valence-corrected chi connectivity index (χ1v) is 10.4. The molecule has 0 saturated heterocycles. The van der Waals surface area contributed by atoms with E-state index in [4.69, 9.17) is 4.74 Å². The Morgan fingerprint density at radius 2 is 1.76 bits per heavy atom. The fraction of sp³-hybridized carbons (Fsp3) is 0.273. The monoisotopic (exact) mass is 451 g/mol. The highest BCUT2D eigenvalue weighted by molar-refractivity contribution is 6.21. The Morgan fingerprint density at radius 1 is 1.09 bits per heavy atom. The van der Waals surface area contributed by atoms with Gasteiger partial charge in [-0.2, -0.15) is 4.68 Å². The van der Waals surface area contributed by atoms with Crippen LogP contribution in [0.1, 0.15) is 55.7 Å². The smallest absolute Gasteiger partial charge is 0.345 e. The number of nitrogens with one attached hydrogen (secondary N) is 2. The van der Waals surface area contributed by atoms with Crippen LogP contribution in [0.5, 0.6) is 0 Å². The van der Waals surface area contributed by atoms with E-state index in [0.717, 1.165) is 10.9 Å². The second-order valence-electron chi connectivity index (χ2n) is 7.44. The zero-order valence-corrected chi connectivity index (χ0v) is 18.0. The summed E-state index contributed by atoms with van der Waals surface area (Å²) in [6, 6.07) is 6.64. The summed E-state index contributed by atoms with van der Waals surface area (Å²) < 4.78 is 5.87. The molecule has 4 rings (SSSR count).